The summed E-state index contributed by atoms with van der Waals surface area (Å²) >= 11 is 0. The molecule has 1 aliphatic heterocycles. The lowest BCUT2D eigenvalue weighted by Gasteiger charge is -2.18. The highest BCUT2D eigenvalue weighted by atomic mass is 16.6. The Balaban J connectivity index is 1.52. The van der Waals surface area contributed by atoms with Crippen LogP contribution < -0.4 is 9.47 Å². The van der Waals surface area contributed by atoms with E-state index < -0.39 is 0 Å². The molecule has 0 saturated carbocycles. The lowest BCUT2D eigenvalue weighted by atomic mass is 10.1. The summed E-state index contributed by atoms with van der Waals surface area (Å²) in [4.78, 5) is 0. The van der Waals surface area contributed by atoms with E-state index in [2.05, 4.69) is 28.4 Å². The zero-order chi connectivity index (χ0) is 15.5. The Morgan fingerprint density at radius 2 is 1.52 bits per heavy atom. The van der Waals surface area contributed by atoms with Gasteiger partial charge in [-0.1, -0.05) is 48.5 Å². The monoisotopic (exact) mass is 302 g/mol. The minimum Gasteiger partial charge on any atom is -0.448 e. The van der Waals surface area contributed by atoms with Gasteiger partial charge in [0.2, 0.25) is 0 Å². The van der Waals surface area contributed by atoms with Crippen molar-refractivity contribution in [3.8, 4) is 23.1 Å². The Morgan fingerprint density at radius 1 is 0.783 bits per heavy atom. The molecule has 112 valence electrons. The molecule has 4 nitrogen and oxygen atoms in total. The molecule has 2 heterocycles. The van der Waals surface area contributed by atoms with Gasteiger partial charge in [-0.05, 0) is 30.2 Å². The van der Waals surface area contributed by atoms with Gasteiger partial charge in [0.25, 0.3) is 5.88 Å². The van der Waals surface area contributed by atoms with E-state index >= 15 is 0 Å². The molecule has 0 spiro atoms. The third-order valence-corrected chi connectivity index (χ3v) is 3.51. The van der Waals surface area contributed by atoms with Gasteiger partial charge in [-0.15, -0.1) is 10.2 Å². The van der Waals surface area contributed by atoms with Crippen LogP contribution >= 0.6 is 0 Å². The van der Waals surface area contributed by atoms with Gasteiger partial charge >= 0.3 is 0 Å². The van der Waals surface area contributed by atoms with E-state index in [1.807, 2.05) is 54.6 Å². The number of allylic oxidation sites excluding steroid dienone is 1. The first-order chi connectivity index (χ1) is 11.4. The second-order valence-electron chi connectivity index (χ2n) is 5.18. The van der Waals surface area contributed by atoms with Crippen molar-refractivity contribution in [3.05, 3.63) is 78.0 Å². The molecule has 23 heavy (non-hydrogen) atoms. The number of fused-ring (bicyclic) bond motifs is 2. The second-order valence-corrected chi connectivity index (χ2v) is 5.18. The SMILES string of the molecule is C(=C\c1cc2c(nn1)Oc1ccccc1O2)/Cc1ccccc1. The average molecular weight is 302 g/mol. The van der Waals surface area contributed by atoms with Crippen molar-refractivity contribution in [3.63, 3.8) is 0 Å². The summed E-state index contributed by atoms with van der Waals surface area (Å²) in [6.07, 6.45) is 4.84. The van der Waals surface area contributed by atoms with E-state index in [4.69, 9.17) is 9.47 Å². The van der Waals surface area contributed by atoms with Crippen LogP contribution in [0.25, 0.3) is 6.08 Å². The van der Waals surface area contributed by atoms with Crippen LogP contribution in [0.2, 0.25) is 0 Å². The summed E-state index contributed by atoms with van der Waals surface area (Å²) in [6.45, 7) is 0. The summed E-state index contributed by atoms with van der Waals surface area (Å²) in [5.41, 5.74) is 1.99. The third-order valence-electron chi connectivity index (χ3n) is 3.51. The molecule has 0 saturated heterocycles. The Labute approximate surface area is 134 Å². The van der Waals surface area contributed by atoms with E-state index in [0.717, 1.165) is 12.1 Å². The maximum absolute atomic E-state index is 5.82. The molecule has 0 radical (unpaired) electrons. The highest BCUT2D eigenvalue weighted by Gasteiger charge is 2.20. The molecule has 2 aromatic carbocycles. The molecule has 0 amide bonds. The van der Waals surface area contributed by atoms with Crippen LogP contribution in [0.4, 0.5) is 0 Å². The number of ether oxygens (including phenoxy) is 2. The first kappa shape index (κ1) is 13.5. The zero-order valence-electron chi connectivity index (χ0n) is 12.3. The zero-order valence-corrected chi connectivity index (χ0v) is 12.3. The molecule has 3 aromatic rings. The van der Waals surface area contributed by atoms with Gasteiger partial charge in [0.15, 0.2) is 17.2 Å². The second kappa shape index (κ2) is 5.93. The fourth-order valence-electron chi connectivity index (χ4n) is 2.37. The number of benzene rings is 2. The van der Waals surface area contributed by atoms with Crippen LogP contribution in [0.5, 0.6) is 23.1 Å². The molecule has 4 rings (SSSR count). The van der Waals surface area contributed by atoms with Gasteiger partial charge in [0.05, 0.1) is 5.69 Å². The smallest absolute Gasteiger partial charge is 0.282 e. The highest BCUT2D eigenvalue weighted by molar-refractivity contribution is 5.55. The normalized spacial score (nSPS) is 12.2. The quantitative estimate of drug-likeness (QED) is 0.553. The predicted molar refractivity (Wildman–Crippen MR) is 87.8 cm³/mol. The lowest BCUT2D eigenvalue weighted by molar-refractivity contribution is 0.343. The number of nitrogens with zero attached hydrogens (tertiary/aromatic N) is 2. The van der Waals surface area contributed by atoms with E-state index in [9.17, 15) is 0 Å². The molecule has 1 aliphatic rings. The summed E-state index contributed by atoms with van der Waals surface area (Å²) in [5, 5.41) is 8.25. The number of rotatable bonds is 3. The fourth-order valence-corrected chi connectivity index (χ4v) is 2.37. The minimum absolute atomic E-state index is 0.393. The number of hydrogen-bond donors (Lipinski definition) is 0. The lowest BCUT2D eigenvalue weighted by Crippen LogP contribution is -2.02. The number of para-hydroxylation sites is 2. The molecular weight excluding hydrogens is 288 g/mol. The Morgan fingerprint density at radius 3 is 2.35 bits per heavy atom. The highest BCUT2D eigenvalue weighted by Crippen LogP contribution is 2.43. The molecule has 1 aromatic heterocycles. The third kappa shape index (κ3) is 2.92. The number of hydrogen-bond acceptors (Lipinski definition) is 4. The summed E-state index contributed by atoms with van der Waals surface area (Å²) in [7, 11) is 0. The van der Waals surface area contributed by atoms with Gasteiger partial charge in [-0.25, -0.2) is 0 Å². The maximum Gasteiger partial charge on any atom is 0.282 e. The molecular formula is C19H14N2O2. The average Bonchev–Trinajstić information content (AvgIpc) is 2.61. The van der Waals surface area contributed by atoms with Crippen molar-refractivity contribution in [2.24, 2.45) is 0 Å². The van der Waals surface area contributed by atoms with Gasteiger partial charge in [0.1, 0.15) is 0 Å². The molecule has 0 atom stereocenters. The first-order valence-electron chi connectivity index (χ1n) is 7.41. The van der Waals surface area contributed by atoms with Crippen LogP contribution in [0.3, 0.4) is 0 Å². The first-order valence-corrected chi connectivity index (χ1v) is 7.41. The van der Waals surface area contributed by atoms with Crippen LogP contribution in [-0.2, 0) is 6.42 Å². The van der Waals surface area contributed by atoms with Gasteiger partial charge in [-0.2, -0.15) is 0 Å². The van der Waals surface area contributed by atoms with Gasteiger partial charge in [-0.3, -0.25) is 0 Å². The predicted octanol–water partition coefficient (Wildman–Crippen LogP) is 4.63. The molecule has 0 aliphatic carbocycles. The van der Waals surface area contributed by atoms with Crippen LogP contribution in [-0.4, -0.2) is 10.2 Å². The molecule has 0 fully saturated rings. The van der Waals surface area contributed by atoms with E-state index in [-0.39, 0.29) is 0 Å². The Bertz CT molecular complexity index is 860. The summed E-state index contributed by atoms with van der Waals surface area (Å²) in [6, 6.07) is 19.6. The molecule has 0 N–H and O–H groups in total. The fraction of sp³-hybridized carbons (Fsp3) is 0.0526. The van der Waals surface area contributed by atoms with E-state index in [1.54, 1.807) is 0 Å². The van der Waals surface area contributed by atoms with Crippen molar-refractivity contribution in [1.29, 1.82) is 0 Å². The van der Waals surface area contributed by atoms with Crippen molar-refractivity contribution in [2.75, 3.05) is 0 Å². The van der Waals surface area contributed by atoms with Crippen LogP contribution in [0.1, 0.15) is 11.3 Å². The number of aromatic nitrogens is 2. The minimum atomic E-state index is 0.393. The van der Waals surface area contributed by atoms with Gasteiger partial charge in [0, 0.05) is 6.07 Å². The van der Waals surface area contributed by atoms with Crippen molar-refractivity contribution >= 4 is 6.08 Å². The molecule has 4 heteroatoms. The maximum atomic E-state index is 5.82. The van der Waals surface area contributed by atoms with Gasteiger partial charge < -0.3 is 9.47 Å². The van der Waals surface area contributed by atoms with Crippen molar-refractivity contribution < 1.29 is 9.47 Å². The van der Waals surface area contributed by atoms with Crippen molar-refractivity contribution in [1.82, 2.24) is 10.2 Å². The Kier molecular flexibility index (Phi) is 3.48. The van der Waals surface area contributed by atoms with E-state index in [1.165, 1.54) is 5.56 Å². The summed E-state index contributed by atoms with van der Waals surface area (Å²) < 4.78 is 11.5. The topological polar surface area (TPSA) is 44.2 Å². The standard InChI is InChI=1S/C19H14N2O2/c1-2-7-14(8-3-1)9-6-10-15-13-18-19(21-20-15)23-17-12-5-4-11-16(17)22-18/h1-8,10-13H,9H2/b10-6+. The summed E-state index contributed by atoms with van der Waals surface area (Å²) in [5.74, 6) is 2.32. The van der Waals surface area contributed by atoms with E-state index in [0.29, 0.717) is 23.1 Å². The largest absolute Gasteiger partial charge is 0.448 e. The molecule has 0 unspecified atom stereocenters. The van der Waals surface area contributed by atoms with Crippen LogP contribution in [0, 0.1) is 0 Å². The van der Waals surface area contributed by atoms with Crippen LogP contribution in [0.15, 0.2) is 66.7 Å². The Hall–Kier alpha value is -3.14. The van der Waals surface area contributed by atoms with Crippen molar-refractivity contribution in [2.45, 2.75) is 6.42 Å². The molecule has 0 bridgehead atoms.